The maximum atomic E-state index is 5.60. The Bertz CT molecular complexity index is 425. The van der Waals surface area contributed by atoms with Gasteiger partial charge in [0.1, 0.15) is 11.5 Å². The van der Waals surface area contributed by atoms with Gasteiger partial charge in [0, 0.05) is 17.7 Å². The number of rotatable bonds is 5. The largest absolute Gasteiger partial charge is 0.497 e. The van der Waals surface area contributed by atoms with Crippen molar-refractivity contribution in [2.75, 3.05) is 21.3 Å². The van der Waals surface area contributed by atoms with Crippen LogP contribution in [0.25, 0.3) is 0 Å². The van der Waals surface area contributed by atoms with Crippen LogP contribution < -0.4 is 14.8 Å². The van der Waals surface area contributed by atoms with E-state index in [1.165, 1.54) is 50.5 Å². The highest BCUT2D eigenvalue weighted by Gasteiger charge is 2.25. The second-order valence-electron chi connectivity index (χ2n) is 5.98. The number of hydrogen-bond donors (Lipinski definition) is 1. The van der Waals surface area contributed by atoms with Gasteiger partial charge in [-0.15, -0.1) is 0 Å². The minimum absolute atomic E-state index is 0.365. The molecular weight excluding hydrogens is 262 g/mol. The van der Waals surface area contributed by atoms with Gasteiger partial charge in [0.15, 0.2) is 0 Å². The molecule has 0 saturated heterocycles. The molecule has 2 rings (SSSR count). The Labute approximate surface area is 129 Å². The van der Waals surface area contributed by atoms with Gasteiger partial charge in [-0.1, -0.05) is 38.2 Å². The first-order chi connectivity index (χ1) is 10.3. The lowest BCUT2D eigenvalue weighted by molar-refractivity contribution is 0.291. The molecule has 1 aliphatic rings. The lowest BCUT2D eigenvalue weighted by atomic mass is 9.82. The van der Waals surface area contributed by atoms with Crippen LogP contribution in [-0.2, 0) is 0 Å². The summed E-state index contributed by atoms with van der Waals surface area (Å²) in [5.41, 5.74) is 1.26. The zero-order chi connectivity index (χ0) is 15.1. The van der Waals surface area contributed by atoms with Gasteiger partial charge in [-0.25, -0.2) is 0 Å². The molecule has 21 heavy (non-hydrogen) atoms. The van der Waals surface area contributed by atoms with Crippen molar-refractivity contribution in [2.24, 2.45) is 5.92 Å². The van der Waals surface area contributed by atoms with Gasteiger partial charge in [-0.3, -0.25) is 0 Å². The van der Waals surface area contributed by atoms with E-state index < -0.39 is 0 Å². The lowest BCUT2D eigenvalue weighted by Gasteiger charge is -2.30. The molecule has 1 N–H and O–H groups in total. The third kappa shape index (κ3) is 4.13. The van der Waals surface area contributed by atoms with Crippen LogP contribution in [-0.4, -0.2) is 21.3 Å². The Kier molecular flexibility index (Phi) is 6.37. The standard InChI is InChI=1S/C18H29NO2/c1-19-18(14-9-7-5-4-6-8-10-14)16-12-11-15(20-2)13-17(16)21-3/h11-14,18-19H,4-10H2,1-3H3. The Morgan fingerprint density at radius 1 is 1.00 bits per heavy atom. The molecule has 0 amide bonds. The topological polar surface area (TPSA) is 30.5 Å². The fourth-order valence-corrected chi connectivity index (χ4v) is 3.54. The first kappa shape index (κ1) is 16.2. The molecule has 1 aliphatic carbocycles. The number of benzene rings is 1. The quantitative estimate of drug-likeness (QED) is 0.876. The van der Waals surface area contributed by atoms with Crippen LogP contribution in [0, 0.1) is 5.92 Å². The average Bonchev–Trinajstić information content (AvgIpc) is 2.49. The van der Waals surface area contributed by atoms with Crippen molar-refractivity contribution in [1.29, 1.82) is 0 Å². The number of nitrogens with one attached hydrogen (secondary N) is 1. The molecular formula is C18H29NO2. The first-order valence-electron chi connectivity index (χ1n) is 8.19. The van der Waals surface area contributed by atoms with Gasteiger partial charge in [0.2, 0.25) is 0 Å². The van der Waals surface area contributed by atoms with Crippen molar-refractivity contribution in [3.05, 3.63) is 23.8 Å². The summed E-state index contributed by atoms with van der Waals surface area (Å²) in [6.07, 6.45) is 9.48. The fraction of sp³-hybridized carbons (Fsp3) is 0.667. The third-order valence-electron chi connectivity index (χ3n) is 4.71. The van der Waals surface area contributed by atoms with Crippen molar-refractivity contribution in [2.45, 2.75) is 51.0 Å². The van der Waals surface area contributed by atoms with E-state index in [1.807, 2.05) is 12.1 Å². The van der Waals surface area contributed by atoms with Gasteiger partial charge in [-0.2, -0.15) is 0 Å². The van der Waals surface area contributed by atoms with Gasteiger partial charge in [-0.05, 0) is 31.9 Å². The van der Waals surface area contributed by atoms with Crippen LogP contribution in [0.4, 0.5) is 0 Å². The second-order valence-corrected chi connectivity index (χ2v) is 5.98. The Morgan fingerprint density at radius 3 is 2.24 bits per heavy atom. The summed E-state index contributed by atoms with van der Waals surface area (Å²) in [6.45, 7) is 0. The van der Waals surface area contributed by atoms with Gasteiger partial charge in [0.25, 0.3) is 0 Å². The molecule has 0 bridgehead atoms. The molecule has 1 saturated carbocycles. The molecule has 0 heterocycles. The lowest BCUT2D eigenvalue weighted by Crippen LogP contribution is -2.26. The van der Waals surface area contributed by atoms with E-state index in [1.54, 1.807) is 14.2 Å². The van der Waals surface area contributed by atoms with Crippen molar-refractivity contribution < 1.29 is 9.47 Å². The highest BCUT2D eigenvalue weighted by Crippen LogP contribution is 2.38. The monoisotopic (exact) mass is 291 g/mol. The molecule has 0 aliphatic heterocycles. The van der Waals surface area contributed by atoms with Crippen LogP contribution in [0.1, 0.15) is 56.6 Å². The van der Waals surface area contributed by atoms with Crippen molar-refractivity contribution in [1.82, 2.24) is 5.32 Å². The van der Waals surface area contributed by atoms with E-state index in [-0.39, 0.29) is 0 Å². The molecule has 0 aromatic heterocycles. The Morgan fingerprint density at radius 2 is 1.67 bits per heavy atom. The van der Waals surface area contributed by atoms with E-state index in [9.17, 15) is 0 Å². The first-order valence-corrected chi connectivity index (χ1v) is 8.19. The fourth-order valence-electron chi connectivity index (χ4n) is 3.54. The van der Waals surface area contributed by atoms with Crippen molar-refractivity contribution in [3.8, 4) is 11.5 Å². The van der Waals surface area contributed by atoms with E-state index in [0.29, 0.717) is 12.0 Å². The minimum atomic E-state index is 0.365. The number of methoxy groups -OCH3 is 2. The van der Waals surface area contributed by atoms with Crippen LogP contribution in [0.2, 0.25) is 0 Å². The molecule has 0 spiro atoms. The molecule has 1 atom stereocenters. The summed E-state index contributed by atoms with van der Waals surface area (Å²) in [6, 6.07) is 6.54. The maximum Gasteiger partial charge on any atom is 0.127 e. The Balaban J connectivity index is 2.22. The van der Waals surface area contributed by atoms with E-state index >= 15 is 0 Å². The molecule has 3 heteroatoms. The summed E-state index contributed by atoms with van der Waals surface area (Å²) in [7, 11) is 5.50. The van der Waals surface area contributed by atoms with Gasteiger partial charge in [0.05, 0.1) is 14.2 Å². The third-order valence-corrected chi connectivity index (χ3v) is 4.71. The van der Waals surface area contributed by atoms with E-state index in [0.717, 1.165) is 11.5 Å². The number of hydrogen-bond acceptors (Lipinski definition) is 3. The minimum Gasteiger partial charge on any atom is -0.497 e. The number of ether oxygens (including phenoxy) is 2. The Hall–Kier alpha value is -1.22. The second kappa shape index (κ2) is 8.28. The summed E-state index contributed by atoms with van der Waals surface area (Å²) in [5.74, 6) is 2.47. The average molecular weight is 291 g/mol. The normalized spacial score (nSPS) is 18.6. The van der Waals surface area contributed by atoms with E-state index in [2.05, 4.69) is 18.4 Å². The summed E-state index contributed by atoms with van der Waals surface area (Å²) < 4.78 is 10.9. The molecule has 1 unspecified atom stereocenters. The van der Waals surface area contributed by atoms with Gasteiger partial charge >= 0.3 is 0 Å². The molecule has 1 fully saturated rings. The predicted molar refractivity (Wildman–Crippen MR) is 87.2 cm³/mol. The molecule has 118 valence electrons. The van der Waals surface area contributed by atoms with Crippen LogP contribution >= 0.6 is 0 Å². The molecule has 1 aromatic carbocycles. The zero-order valence-electron chi connectivity index (χ0n) is 13.7. The summed E-state index contributed by atoms with van der Waals surface area (Å²) in [5, 5.41) is 3.53. The van der Waals surface area contributed by atoms with Crippen molar-refractivity contribution in [3.63, 3.8) is 0 Å². The van der Waals surface area contributed by atoms with Crippen LogP contribution in [0.5, 0.6) is 11.5 Å². The molecule has 0 radical (unpaired) electrons. The highest BCUT2D eigenvalue weighted by atomic mass is 16.5. The molecule has 1 aromatic rings. The predicted octanol–water partition coefficient (Wildman–Crippen LogP) is 4.32. The van der Waals surface area contributed by atoms with E-state index in [4.69, 9.17) is 9.47 Å². The summed E-state index contributed by atoms with van der Waals surface area (Å²) in [4.78, 5) is 0. The van der Waals surface area contributed by atoms with Crippen LogP contribution in [0.15, 0.2) is 18.2 Å². The van der Waals surface area contributed by atoms with Crippen LogP contribution in [0.3, 0.4) is 0 Å². The zero-order valence-corrected chi connectivity index (χ0v) is 13.7. The highest BCUT2D eigenvalue weighted by molar-refractivity contribution is 5.42. The van der Waals surface area contributed by atoms with Crippen molar-refractivity contribution >= 4 is 0 Å². The van der Waals surface area contributed by atoms with Gasteiger partial charge < -0.3 is 14.8 Å². The summed E-state index contributed by atoms with van der Waals surface area (Å²) >= 11 is 0. The smallest absolute Gasteiger partial charge is 0.127 e. The SMILES string of the molecule is CNC(c1ccc(OC)cc1OC)C1CCCCCCC1. The molecule has 3 nitrogen and oxygen atoms in total. The maximum absolute atomic E-state index is 5.60.